The van der Waals surface area contributed by atoms with E-state index in [1.807, 2.05) is 43.3 Å². The number of sulfonamides is 1. The molecule has 0 fully saturated rings. The van der Waals surface area contributed by atoms with Gasteiger partial charge in [-0.3, -0.25) is 4.72 Å². The van der Waals surface area contributed by atoms with Crippen molar-refractivity contribution in [3.05, 3.63) is 64.7 Å². The van der Waals surface area contributed by atoms with Gasteiger partial charge in [0.05, 0.1) is 11.4 Å². The average Bonchev–Trinajstić information content (AvgIpc) is 3.09. The molecule has 5 nitrogen and oxygen atoms in total. The fourth-order valence-corrected chi connectivity index (χ4v) is 6.10. The molecule has 0 saturated carbocycles. The van der Waals surface area contributed by atoms with Crippen molar-refractivity contribution in [3.63, 3.8) is 0 Å². The van der Waals surface area contributed by atoms with E-state index < -0.39 is 10.0 Å². The van der Waals surface area contributed by atoms with Crippen molar-refractivity contribution in [2.45, 2.75) is 17.1 Å². The minimum Gasteiger partial charge on any atom is -0.376 e. The highest BCUT2D eigenvalue weighted by molar-refractivity contribution is 7.94. The standard InChI is InChI=1S/C22H24ClN3O2S2.ClH/c1-26(2)20-14-17-10-12-24-11-9-16(17)13-19(20)25-30(27,28)22-8-7-21(29-22)15-3-5-18(23)6-4-15;/h3-8,13-14,24-25H,9-12H2,1-2H3;1H. The monoisotopic (exact) mass is 497 g/mol. The smallest absolute Gasteiger partial charge is 0.271 e. The summed E-state index contributed by atoms with van der Waals surface area (Å²) in [7, 11) is 0.157. The molecule has 1 aliphatic heterocycles. The van der Waals surface area contributed by atoms with E-state index in [9.17, 15) is 8.42 Å². The van der Waals surface area contributed by atoms with Crippen molar-refractivity contribution in [3.8, 4) is 10.4 Å². The zero-order chi connectivity index (χ0) is 21.3. The summed E-state index contributed by atoms with van der Waals surface area (Å²) < 4.78 is 29.4. The second kappa shape index (κ2) is 9.79. The zero-order valence-corrected chi connectivity index (χ0v) is 20.5. The molecule has 1 aromatic heterocycles. The topological polar surface area (TPSA) is 61.4 Å². The molecule has 2 aromatic carbocycles. The van der Waals surface area contributed by atoms with Gasteiger partial charge in [-0.1, -0.05) is 23.7 Å². The first kappa shape index (κ1) is 23.9. The van der Waals surface area contributed by atoms with Crippen LogP contribution >= 0.6 is 35.3 Å². The minimum absolute atomic E-state index is 0. The predicted octanol–water partition coefficient (Wildman–Crippen LogP) is 5.05. The Morgan fingerprint density at radius 1 is 1.00 bits per heavy atom. The van der Waals surface area contributed by atoms with Crippen LogP contribution in [0.25, 0.3) is 10.4 Å². The number of rotatable bonds is 5. The largest absolute Gasteiger partial charge is 0.376 e. The third kappa shape index (κ3) is 5.35. The van der Waals surface area contributed by atoms with Crippen molar-refractivity contribution >= 4 is 56.7 Å². The number of nitrogens with zero attached hydrogens (tertiary/aromatic N) is 1. The molecule has 3 aromatic rings. The summed E-state index contributed by atoms with van der Waals surface area (Å²) in [6.07, 6.45) is 1.83. The normalized spacial score (nSPS) is 13.6. The van der Waals surface area contributed by atoms with E-state index in [2.05, 4.69) is 16.1 Å². The van der Waals surface area contributed by atoms with Gasteiger partial charge in [-0.25, -0.2) is 8.42 Å². The molecule has 0 aliphatic carbocycles. The summed E-state index contributed by atoms with van der Waals surface area (Å²) in [6.45, 7) is 1.84. The van der Waals surface area contributed by atoms with Crippen molar-refractivity contribution in [2.75, 3.05) is 36.8 Å². The minimum atomic E-state index is -3.70. The Labute approximate surface area is 198 Å². The molecular weight excluding hydrogens is 473 g/mol. The van der Waals surface area contributed by atoms with Gasteiger partial charge >= 0.3 is 0 Å². The molecule has 0 bridgehead atoms. The van der Waals surface area contributed by atoms with Crippen LogP contribution in [0.15, 0.2) is 52.7 Å². The van der Waals surface area contributed by atoms with Gasteiger partial charge in [0.2, 0.25) is 0 Å². The van der Waals surface area contributed by atoms with Gasteiger partial charge in [0.25, 0.3) is 10.0 Å². The summed E-state index contributed by atoms with van der Waals surface area (Å²) >= 11 is 7.21. The van der Waals surface area contributed by atoms with Gasteiger partial charge in [0.15, 0.2) is 0 Å². The number of fused-ring (bicyclic) bond motifs is 1. The summed E-state index contributed by atoms with van der Waals surface area (Å²) in [5.41, 5.74) is 4.89. The fourth-order valence-electron chi connectivity index (χ4n) is 3.59. The molecule has 1 aliphatic rings. The third-order valence-corrected chi connectivity index (χ3v) is 8.40. The molecule has 0 atom stereocenters. The highest BCUT2D eigenvalue weighted by atomic mass is 35.5. The van der Waals surface area contributed by atoms with Crippen LogP contribution in [0.3, 0.4) is 0 Å². The van der Waals surface area contributed by atoms with Gasteiger partial charge in [0.1, 0.15) is 4.21 Å². The Kier molecular flexibility index (Phi) is 7.55. The molecule has 0 amide bonds. The van der Waals surface area contributed by atoms with Gasteiger partial charge in [-0.2, -0.15) is 0 Å². The Bertz CT molecular complexity index is 1160. The van der Waals surface area contributed by atoms with Crippen molar-refractivity contribution in [1.82, 2.24) is 5.32 Å². The lowest BCUT2D eigenvalue weighted by molar-refractivity contribution is 0.603. The maximum atomic E-state index is 13.2. The lowest BCUT2D eigenvalue weighted by Gasteiger charge is -2.21. The fraction of sp³-hybridized carbons (Fsp3) is 0.273. The molecule has 0 saturated heterocycles. The lowest BCUT2D eigenvalue weighted by atomic mass is 10.0. The molecular formula is C22H25Cl2N3O2S2. The quantitative estimate of drug-likeness (QED) is 0.517. The van der Waals surface area contributed by atoms with Crippen LogP contribution in [-0.2, 0) is 22.9 Å². The summed E-state index contributed by atoms with van der Waals surface area (Å²) in [6, 6.07) is 15.0. The van der Waals surface area contributed by atoms with Crippen LogP contribution in [-0.4, -0.2) is 35.6 Å². The van der Waals surface area contributed by atoms with E-state index in [0.29, 0.717) is 10.7 Å². The Balaban J connectivity index is 0.00000272. The number of anilines is 2. The molecule has 4 rings (SSSR count). The van der Waals surface area contributed by atoms with Gasteiger partial charge in [0, 0.05) is 24.0 Å². The molecule has 0 spiro atoms. The van der Waals surface area contributed by atoms with Crippen LogP contribution in [0.5, 0.6) is 0 Å². The average molecular weight is 499 g/mol. The number of benzene rings is 2. The van der Waals surface area contributed by atoms with E-state index in [4.69, 9.17) is 11.6 Å². The first-order chi connectivity index (χ1) is 14.3. The number of thiophene rings is 1. The van der Waals surface area contributed by atoms with Crippen molar-refractivity contribution in [2.24, 2.45) is 0 Å². The first-order valence-corrected chi connectivity index (χ1v) is 12.4. The van der Waals surface area contributed by atoms with E-state index >= 15 is 0 Å². The maximum absolute atomic E-state index is 13.2. The van der Waals surface area contributed by atoms with Crippen LogP contribution in [0.2, 0.25) is 5.02 Å². The Hall–Kier alpha value is -1.77. The molecule has 31 heavy (non-hydrogen) atoms. The van der Waals surface area contributed by atoms with Crippen LogP contribution in [0.1, 0.15) is 11.1 Å². The SMILES string of the molecule is CN(C)c1cc2c(cc1NS(=O)(=O)c1ccc(-c3ccc(Cl)cc3)s1)CCNCC2.Cl. The number of halogens is 2. The van der Waals surface area contributed by atoms with Gasteiger partial charge < -0.3 is 10.2 Å². The maximum Gasteiger partial charge on any atom is 0.271 e. The molecule has 166 valence electrons. The summed E-state index contributed by atoms with van der Waals surface area (Å²) in [5.74, 6) is 0. The van der Waals surface area contributed by atoms with E-state index in [1.165, 1.54) is 22.5 Å². The summed E-state index contributed by atoms with van der Waals surface area (Å²) in [5, 5.41) is 4.05. The van der Waals surface area contributed by atoms with E-state index in [0.717, 1.165) is 42.1 Å². The first-order valence-electron chi connectivity index (χ1n) is 9.76. The van der Waals surface area contributed by atoms with E-state index in [1.54, 1.807) is 18.2 Å². The van der Waals surface area contributed by atoms with Crippen LogP contribution < -0.4 is 14.9 Å². The summed E-state index contributed by atoms with van der Waals surface area (Å²) in [4.78, 5) is 2.83. The molecule has 2 N–H and O–H groups in total. The van der Waals surface area contributed by atoms with Crippen LogP contribution in [0, 0.1) is 0 Å². The highest BCUT2D eigenvalue weighted by Gasteiger charge is 2.21. The van der Waals surface area contributed by atoms with Crippen molar-refractivity contribution < 1.29 is 8.42 Å². The second-order valence-electron chi connectivity index (χ2n) is 7.51. The zero-order valence-electron chi connectivity index (χ0n) is 17.3. The molecule has 0 radical (unpaired) electrons. The third-order valence-electron chi connectivity index (χ3n) is 5.16. The highest BCUT2D eigenvalue weighted by Crippen LogP contribution is 2.35. The second-order valence-corrected chi connectivity index (χ2v) is 10.9. The number of hydrogen-bond acceptors (Lipinski definition) is 5. The van der Waals surface area contributed by atoms with Gasteiger partial charge in [-0.05, 0) is 79.0 Å². The van der Waals surface area contributed by atoms with E-state index in [-0.39, 0.29) is 16.6 Å². The van der Waals surface area contributed by atoms with Gasteiger partial charge in [-0.15, -0.1) is 23.7 Å². The molecule has 9 heteroatoms. The number of hydrogen-bond donors (Lipinski definition) is 2. The van der Waals surface area contributed by atoms with Crippen LogP contribution in [0.4, 0.5) is 11.4 Å². The lowest BCUT2D eigenvalue weighted by Crippen LogP contribution is -2.17. The Morgan fingerprint density at radius 2 is 1.65 bits per heavy atom. The molecule has 2 heterocycles. The molecule has 0 unspecified atom stereocenters. The predicted molar refractivity (Wildman–Crippen MR) is 134 cm³/mol. The number of nitrogens with one attached hydrogen (secondary N) is 2. The van der Waals surface area contributed by atoms with Crippen molar-refractivity contribution in [1.29, 1.82) is 0 Å². The Morgan fingerprint density at radius 3 is 2.29 bits per heavy atom.